The summed E-state index contributed by atoms with van der Waals surface area (Å²) in [6, 6.07) is 15.2. The molecule has 32 heavy (non-hydrogen) atoms. The minimum Gasteiger partial charge on any atom is -0.495 e. The van der Waals surface area contributed by atoms with Crippen LogP contribution in [0.2, 0.25) is 0 Å². The highest BCUT2D eigenvalue weighted by molar-refractivity contribution is 7.94. The number of rotatable bonds is 6. The van der Waals surface area contributed by atoms with E-state index in [1.165, 1.54) is 18.2 Å². The van der Waals surface area contributed by atoms with Gasteiger partial charge in [0, 0.05) is 30.1 Å². The SMILES string of the molecule is COc1ccc(NS(=O)(=O)c2ccc(-c3cccc(F)c3)s2)cc1N1CC(C)NC(C)C1. The predicted octanol–water partition coefficient (Wildman–Crippen LogP) is 4.55. The number of benzene rings is 2. The van der Waals surface area contributed by atoms with Crippen molar-refractivity contribution >= 4 is 32.7 Å². The molecule has 1 aliphatic heterocycles. The quantitative estimate of drug-likeness (QED) is 0.547. The standard InChI is InChI=1S/C23H26FN3O3S2/c1-15-13-27(14-16(2)25-15)20-12-19(7-8-21(20)30-3)26-32(28,29)23-10-9-22(31-23)17-5-4-6-18(24)11-17/h4-12,15-16,25-26H,13-14H2,1-3H3. The molecule has 9 heteroatoms. The molecule has 1 saturated heterocycles. The van der Waals surface area contributed by atoms with Gasteiger partial charge < -0.3 is 15.0 Å². The number of methoxy groups -OCH3 is 1. The number of anilines is 2. The van der Waals surface area contributed by atoms with Crippen LogP contribution in [0.1, 0.15) is 13.8 Å². The molecule has 3 aromatic rings. The summed E-state index contributed by atoms with van der Waals surface area (Å²) in [7, 11) is -2.19. The van der Waals surface area contributed by atoms with Crippen LogP contribution >= 0.6 is 11.3 Å². The van der Waals surface area contributed by atoms with Crippen molar-refractivity contribution in [2.75, 3.05) is 29.8 Å². The molecule has 1 fully saturated rings. The molecular weight excluding hydrogens is 449 g/mol. The van der Waals surface area contributed by atoms with Crippen LogP contribution in [0.25, 0.3) is 10.4 Å². The highest BCUT2D eigenvalue weighted by atomic mass is 32.2. The Balaban J connectivity index is 1.60. The largest absolute Gasteiger partial charge is 0.495 e. The zero-order valence-electron chi connectivity index (χ0n) is 18.1. The summed E-state index contributed by atoms with van der Waals surface area (Å²) in [5.74, 6) is 0.333. The van der Waals surface area contributed by atoms with Gasteiger partial charge in [-0.2, -0.15) is 0 Å². The molecule has 2 atom stereocenters. The number of piperazine rings is 1. The summed E-state index contributed by atoms with van der Waals surface area (Å²) in [4.78, 5) is 2.89. The molecule has 2 aromatic carbocycles. The summed E-state index contributed by atoms with van der Waals surface area (Å²) in [6.45, 7) is 5.82. The zero-order chi connectivity index (χ0) is 22.9. The van der Waals surface area contributed by atoms with Crippen molar-refractivity contribution in [3.63, 3.8) is 0 Å². The summed E-state index contributed by atoms with van der Waals surface area (Å²) < 4.78 is 48.0. The van der Waals surface area contributed by atoms with Crippen LogP contribution in [0.4, 0.5) is 15.8 Å². The monoisotopic (exact) mass is 475 g/mol. The molecule has 0 aliphatic carbocycles. The third kappa shape index (κ3) is 4.90. The van der Waals surface area contributed by atoms with E-state index in [0.29, 0.717) is 34.0 Å². The minimum absolute atomic E-state index is 0.165. The third-order valence-electron chi connectivity index (χ3n) is 5.28. The first kappa shape index (κ1) is 22.6. The maximum absolute atomic E-state index is 13.5. The van der Waals surface area contributed by atoms with Gasteiger partial charge in [-0.25, -0.2) is 12.8 Å². The molecule has 0 amide bonds. The van der Waals surface area contributed by atoms with E-state index in [1.807, 2.05) is 6.07 Å². The minimum atomic E-state index is -3.80. The Morgan fingerprint density at radius 3 is 2.53 bits per heavy atom. The Hall–Kier alpha value is -2.62. The first-order valence-electron chi connectivity index (χ1n) is 10.3. The lowest BCUT2D eigenvalue weighted by Gasteiger charge is -2.38. The van der Waals surface area contributed by atoms with Crippen LogP contribution in [-0.2, 0) is 10.0 Å². The topological polar surface area (TPSA) is 70.7 Å². The molecule has 0 bridgehead atoms. The Morgan fingerprint density at radius 2 is 1.84 bits per heavy atom. The van der Waals surface area contributed by atoms with E-state index in [2.05, 4.69) is 28.8 Å². The summed E-state index contributed by atoms with van der Waals surface area (Å²) in [5.41, 5.74) is 1.95. The number of ether oxygens (including phenoxy) is 1. The van der Waals surface area contributed by atoms with E-state index in [1.54, 1.807) is 37.4 Å². The van der Waals surface area contributed by atoms with Gasteiger partial charge in [0.2, 0.25) is 0 Å². The van der Waals surface area contributed by atoms with Crippen LogP contribution < -0.4 is 19.7 Å². The number of halogens is 1. The average Bonchev–Trinajstić information content (AvgIpc) is 3.24. The number of hydrogen-bond acceptors (Lipinski definition) is 6. The van der Waals surface area contributed by atoms with Gasteiger partial charge in [0.1, 0.15) is 15.8 Å². The van der Waals surface area contributed by atoms with Crippen LogP contribution in [-0.4, -0.2) is 40.7 Å². The van der Waals surface area contributed by atoms with Gasteiger partial charge in [0.25, 0.3) is 10.0 Å². The van der Waals surface area contributed by atoms with Crippen molar-refractivity contribution in [2.24, 2.45) is 0 Å². The van der Waals surface area contributed by atoms with Crippen molar-refractivity contribution in [3.05, 3.63) is 60.4 Å². The Kier molecular flexibility index (Phi) is 6.41. The smallest absolute Gasteiger partial charge is 0.271 e. The lowest BCUT2D eigenvalue weighted by molar-refractivity contribution is 0.391. The van der Waals surface area contributed by atoms with E-state index in [9.17, 15) is 12.8 Å². The second-order valence-corrected chi connectivity index (χ2v) is 11.0. The van der Waals surface area contributed by atoms with Crippen LogP contribution in [0.3, 0.4) is 0 Å². The van der Waals surface area contributed by atoms with E-state index in [4.69, 9.17) is 4.74 Å². The van der Waals surface area contributed by atoms with Gasteiger partial charge in [-0.15, -0.1) is 11.3 Å². The van der Waals surface area contributed by atoms with Gasteiger partial charge in [-0.05, 0) is 61.9 Å². The number of nitrogens with zero attached hydrogens (tertiary/aromatic N) is 1. The third-order valence-corrected chi connectivity index (χ3v) is 8.29. The van der Waals surface area contributed by atoms with Crippen molar-refractivity contribution in [3.8, 4) is 16.2 Å². The van der Waals surface area contributed by atoms with E-state index in [0.717, 1.165) is 30.1 Å². The lowest BCUT2D eigenvalue weighted by atomic mass is 10.1. The van der Waals surface area contributed by atoms with E-state index < -0.39 is 10.0 Å². The molecular formula is C23H26FN3O3S2. The normalized spacial score (nSPS) is 19.1. The Labute approximate surface area is 192 Å². The van der Waals surface area contributed by atoms with Crippen molar-refractivity contribution in [1.29, 1.82) is 0 Å². The molecule has 170 valence electrons. The fourth-order valence-corrected chi connectivity index (χ4v) is 6.34. The Bertz CT molecular complexity index is 1200. The number of sulfonamides is 1. The van der Waals surface area contributed by atoms with E-state index >= 15 is 0 Å². The number of thiophene rings is 1. The second-order valence-electron chi connectivity index (χ2n) is 7.99. The molecule has 2 unspecified atom stereocenters. The highest BCUT2D eigenvalue weighted by Gasteiger charge is 2.24. The molecule has 0 saturated carbocycles. The number of hydrogen-bond donors (Lipinski definition) is 2. The molecule has 2 heterocycles. The predicted molar refractivity (Wildman–Crippen MR) is 128 cm³/mol. The van der Waals surface area contributed by atoms with Gasteiger partial charge in [-0.3, -0.25) is 4.72 Å². The van der Waals surface area contributed by atoms with Gasteiger partial charge >= 0.3 is 0 Å². The molecule has 2 N–H and O–H groups in total. The Morgan fingerprint density at radius 1 is 1.09 bits per heavy atom. The average molecular weight is 476 g/mol. The molecule has 4 rings (SSSR count). The molecule has 0 radical (unpaired) electrons. The van der Waals surface area contributed by atoms with Crippen LogP contribution in [0.5, 0.6) is 5.75 Å². The summed E-state index contributed by atoms with van der Waals surface area (Å²) in [5, 5.41) is 3.49. The molecule has 1 aliphatic rings. The summed E-state index contributed by atoms with van der Waals surface area (Å²) in [6.07, 6.45) is 0. The van der Waals surface area contributed by atoms with Crippen LogP contribution in [0.15, 0.2) is 58.8 Å². The molecule has 1 aromatic heterocycles. The fraction of sp³-hybridized carbons (Fsp3) is 0.304. The number of nitrogens with one attached hydrogen (secondary N) is 2. The van der Waals surface area contributed by atoms with Gasteiger partial charge in [-0.1, -0.05) is 12.1 Å². The van der Waals surface area contributed by atoms with Crippen molar-refractivity contribution in [2.45, 2.75) is 30.1 Å². The van der Waals surface area contributed by atoms with Crippen molar-refractivity contribution in [1.82, 2.24) is 5.32 Å². The first-order valence-corrected chi connectivity index (χ1v) is 12.6. The zero-order valence-corrected chi connectivity index (χ0v) is 19.8. The van der Waals surface area contributed by atoms with Crippen LogP contribution in [0, 0.1) is 5.82 Å². The van der Waals surface area contributed by atoms with Gasteiger partial charge in [0.05, 0.1) is 18.5 Å². The highest BCUT2D eigenvalue weighted by Crippen LogP contribution is 2.35. The van der Waals surface area contributed by atoms with Crippen molar-refractivity contribution < 1.29 is 17.5 Å². The second kappa shape index (κ2) is 9.09. The first-order chi connectivity index (χ1) is 15.2. The molecule has 6 nitrogen and oxygen atoms in total. The lowest BCUT2D eigenvalue weighted by Crippen LogP contribution is -2.54. The fourth-order valence-electron chi connectivity index (χ4n) is 3.99. The maximum atomic E-state index is 13.5. The van der Waals surface area contributed by atoms with Gasteiger partial charge in [0.15, 0.2) is 0 Å². The summed E-state index contributed by atoms with van der Waals surface area (Å²) >= 11 is 1.10. The molecule has 0 spiro atoms. The van der Waals surface area contributed by atoms with E-state index in [-0.39, 0.29) is 10.0 Å². The maximum Gasteiger partial charge on any atom is 0.271 e.